The third-order valence-electron chi connectivity index (χ3n) is 4.37. The highest BCUT2D eigenvalue weighted by molar-refractivity contribution is 5.23. The van der Waals surface area contributed by atoms with Gasteiger partial charge in [0, 0.05) is 18.2 Å². The number of nitrogens with one attached hydrogen (secondary N) is 1. The highest BCUT2D eigenvalue weighted by atomic mass is 19.1. The average molecular weight is 296 g/mol. The molecule has 1 aliphatic heterocycles. The topological polar surface area (TPSA) is 15.3 Å². The number of nitrogens with zero attached hydrogens (tertiary/aromatic N) is 1. The Morgan fingerprint density at radius 1 is 1.33 bits per heavy atom. The number of hydrogen-bond acceptors (Lipinski definition) is 2. The first kappa shape index (κ1) is 16.4. The van der Waals surface area contributed by atoms with Crippen molar-refractivity contribution in [1.29, 1.82) is 0 Å². The molecule has 1 aromatic carbocycles. The molecule has 2 rings (SSSR count). The SMILES string of the molecule is CCCN(CC1CCCNC1)C(C)c1c(F)cccc1F. The second-order valence-electron chi connectivity index (χ2n) is 6.02. The Balaban J connectivity index is 2.12. The van der Waals surface area contributed by atoms with Crippen LogP contribution >= 0.6 is 0 Å². The van der Waals surface area contributed by atoms with Gasteiger partial charge in [0.1, 0.15) is 11.6 Å². The molecule has 1 fully saturated rings. The first-order valence-corrected chi connectivity index (χ1v) is 8.02. The lowest BCUT2D eigenvalue weighted by Crippen LogP contribution is -2.40. The molecule has 4 heteroatoms. The van der Waals surface area contributed by atoms with Gasteiger partial charge in [-0.25, -0.2) is 8.78 Å². The zero-order valence-corrected chi connectivity index (χ0v) is 13.0. The molecule has 0 bridgehead atoms. The Morgan fingerprint density at radius 2 is 2.05 bits per heavy atom. The maximum atomic E-state index is 14.0. The van der Waals surface area contributed by atoms with Crippen molar-refractivity contribution in [3.8, 4) is 0 Å². The molecule has 1 aromatic rings. The van der Waals surface area contributed by atoms with Gasteiger partial charge in [-0.2, -0.15) is 0 Å². The lowest BCUT2D eigenvalue weighted by Gasteiger charge is -2.34. The van der Waals surface area contributed by atoms with E-state index >= 15 is 0 Å². The van der Waals surface area contributed by atoms with E-state index in [9.17, 15) is 8.78 Å². The molecular formula is C17H26F2N2. The molecule has 0 radical (unpaired) electrons. The Morgan fingerprint density at radius 3 is 2.62 bits per heavy atom. The van der Waals surface area contributed by atoms with Crippen molar-refractivity contribution < 1.29 is 8.78 Å². The fraction of sp³-hybridized carbons (Fsp3) is 0.647. The van der Waals surface area contributed by atoms with E-state index in [0.29, 0.717) is 5.92 Å². The van der Waals surface area contributed by atoms with Crippen LogP contribution in [0.1, 0.15) is 44.7 Å². The Hall–Kier alpha value is -1.00. The summed E-state index contributed by atoms with van der Waals surface area (Å²) in [5.41, 5.74) is 0.203. The third-order valence-corrected chi connectivity index (χ3v) is 4.37. The Labute approximate surface area is 126 Å². The predicted octanol–water partition coefficient (Wildman–Crippen LogP) is 3.74. The molecule has 2 unspecified atom stereocenters. The summed E-state index contributed by atoms with van der Waals surface area (Å²) < 4.78 is 28.0. The van der Waals surface area contributed by atoms with Crippen LogP contribution in [0.4, 0.5) is 8.78 Å². The first-order chi connectivity index (χ1) is 10.1. The lowest BCUT2D eigenvalue weighted by molar-refractivity contribution is 0.158. The molecule has 1 N–H and O–H groups in total. The molecule has 2 nitrogen and oxygen atoms in total. The van der Waals surface area contributed by atoms with E-state index in [1.165, 1.54) is 31.0 Å². The zero-order chi connectivity index (χ0) is 15.2. The maximum absolute atomic E-state index is 14.0. The number of benzene rings is 1. The molecule has 0 aromatic heterocycles. The highest BCUT2D eigenvalue weighted by Gasteiger charge is 2.25. The number of halogens is 2. The van der Waals surface area contributed by atoms with Crippen LogP contribution < -0.4 is 5.32 Å². The van der Waals surface area contributed by atoms with Crippen molar-refractivity contribution in [1.82, 2.24) is 10.2 Å². The summed E-state index contributed by atoms with van der Waals surface area (Å²) in [4.78, 5) is 2.22. The third kappa shape index (κ3) is 4.24. The van der Waals surface area contributed by atoms with Gasteiger partial charge in [-0.3, -0.25) is 4.90 Å². The van der Waals surface area contributed by atoms with Gasteiger partial charge in [0.05, 0.1) is 0 Å². The molecule has 0 spiro atoms. The number of piperidine rings is 1. The first-order valence-electron chi connectivity index (χ1n) is 8.02. The molecule has 21 heavy (non-hydrogen) atoms. The van der Waals surface area contributed by atoms with Crippen molar-refractivity contribution in [3.63, 3.8) is 0 Å². The van der Waals surface area contributed by atoms with Crippen molar-refractivity contribution in [3.05, 3.63) is 35.4 Å². The molecular weight excluding hydrogens is 270 g/mol. The van der Waals surface area contributed by atoms with Gasteiger partial charge in [0.15, 0.2) is 0 Å². The normalized spacial score (nSPS) is 20.7. The molecule has 1 aliphatic rings. The van der Waals surface area contributed by atoms with Crippen molar-refractivity contribution in [2.24, 2.45) is 5.92 Å². The van der Waals surface area contributed by atoms with Crippen molar-refractivity contribution in [2.75, 3.05) is 26.2 Å². The van der Waals surface area contributed by atoms with Crippen LogP contribution in [-0.2, 0) is 0 Å². The average Bonchev–Trinajstić information content (AvgIpc) is 2.47. The zero-order valence-electron chi connectivity index (χ0n) is 13.0. The number of hydrogen-bond donors (Lipinski definition) is 1. The summed E-state index contributed by atoms with van der Waals surface area (Å²) in [6.07, 6.45) is 3.37. The highest BCUT2D eigenvalue weighted by Crippen LogP contribution is 2.27. The van der Waals surface area contributed by atoms with E-state index in [4.69, 9.17) is 0 Å². The summed E-state index contributed by atoms with van der Waals surface area (Å²) >= 11 is 0. The monoisotopic (exact) mass is 296 g/mol. The second-order valence-corrected chi connectivity index (χ2v) is 6.02. The molecule has 0 amide bonds. The Bertz CT molecular complexity index is 424. The minimum absolute atomic E-state index is 0.203. The minimum Gasteiger partial charge on any atom is -0.316 e. The maximum Gasteiger partial charge on any atom is 0.130 e. The van der Waals surface area contributed by atoms with Crippen LogP contribution in [0.15, 0.2) is 18.2 Å². The fourth-order valence-corrected chi connectivity index (χ4v) is 3.23. The molecule has 1 heterocycles. The van der Waals surface area contributed by atoms with Crippen LogP contribution in [-0.4, -0.2) is 31.1 Å². The second kappa shape index (κ2) is 7.85. The van der Waals surface area contributed by atoms with Gasteiger partial charge in [-0.05, 0) is 63.9 Å². The van der Waals surface area contributed by atoms with Crippen LogP contribution in [0, 0.1) is 17.6 Å². The summed E-state index contributed by atoms with van der Waals surface area (Å²) in [5, 5.41) is 3.41. The van der Waals surface area contributed by atoms with E-state index in [0.717, 1.165) is 32.6 Å². The van der Waals surface area contributed by atoms with E-state index in [2.05, 4.69) is 17.1 Å². The molecule has 0 saturated carbocycles. The Kier molecular flexibility index (Phi) is 6.12. The van der Waals surface area contributed by atoms with E-state index in [1.807, 2.05) is 6.92 Å². The molecule has 118 valence electrons. The van der Waals surface area contributed by atoms with Gasteiger partial charge < -0.3 is 5.32 Å². The fourth-order valence-electron chi connectivity index (χ4n) is 3.23. The van der Waals surface area contributed by atoms with Crippen molar-refractivity contribution >= 4 is 0 Å². The van der Waals surface area contributed by atoms with Crippen LogP contribution in [0.5, 0.6) is 0 Å². The quantitative estimate of drug-likeness (QED) is 0.860. The van der Waals surface area contributed by atoms with Gasteiger partial charge in [0.25, 0.3) is 0 Å². The van der Waals surface area contributed by atoms with E-state index < -0.39 is 11.6 Å². The summed E-state index contributed by atoms with van der Waals surface area (Å²) in [7, 11) is 0. The summed E-state index contributed by atoms with van der Waals surface area (Å²) in [5.74, 6) is -0.307. The van der Waals surface area contributed by atoms with E-state index in [1.54, 1.807) is 0 Å². The van der Waals surface area contributed by atoms with Gasteiger partial charge >= 0.3 is 0 Å². The predicted molar refractivity (Wildman–Crippen MR) is 82.2 cm³/mol. The molecule has 1 saturated heterocycles. The van der Waals surface area contributed by atoms with Gasteiger partial charge in [-0.1, -0.05) is 13.0 Å². The largest absolute Gasteiger partial charge is 0.316 e. The van der Waals surface area contributed by atoms with Crippen molar-refractivity contribution in [2.45, 2.75) is 39.2 Å². The smallest absolute Gasteiger partial charge is 0.130 e. The number of rotatable bonds is 6. The minimum atomic E-state index is -0.439. The van der Waals surface area contributed by atoms with E-state index in [-0.39, 0.29) is 11.6 Å². The van der Waals surface area contributed by atoms with Crippen LogP contribution in [0.3, 0.4) is 0 Å². The molecule has 2 atom stereocenters. The summed E-state index contributed by atoms with van der Waals surface area (Å²) in [6.45, 7) is 7.87. The van der Waals surface area contributed by atoms with Crippen LogP contribution in [0.25, 0.3) is 0 Å². The molecule has 0 aliphatic carbocycles. The van der Waals surface area contributed by atoms with Gasteiger partial charge in [-0.15, -0.1) is 0 Å². The lowest BCUT2D eigenvalue weighted by atomic mass is 9.97. The standard InChI is InChI=1S/C17H26F2N2/c1-3-10-21(12-14-6-5-9-20-11-14)13(2)17-15(18)7-4-8-16(17)19/h4,7-8,13-14,20H,3,5-6,9-12H2,1-2H3. The van der Waals surface area contributed by atoms with Gasteiger partial charge in [0.2, 0.25) is 0 Å². The van der Waals surface area contributed by atoms with Crippen LogP contribution in [0.2, 0.25) is 0 Å². The summed E-state index contributed by atoms with van der Waals surface area (Å²) in [6, 6.07) is 3.89.